The summed E-state index contributed by atoms with van der Waals surface area (Å²) in [4.78, 5) is 14.5. The topological polar surface area (TPSA) is 50.8 Å². The summed E-state index contributed by atoms with van der Waals surface area (Å²) >= 11 is 0. The van der Waals surface area contributed by atoms with Gasteiger partial charge in [0.15, 0.2) is 11.5 Å². The molecule has 5 heteroatoms. The molecule has 0 saturated carbocycles. The average molecular weight is 302 g/mol. The maximum Gasteiger partial charge on any atom is 0.231 e. The number of hydrogen-bond acceptors (Lipinski definition) is 4. The molecule has 3 aliphatic heterocycles. The number of likely N-dealkylation sites (tertiary alicyclic amines) is 1. The van der Waals surface area contributed by atoms with Gasteiger partial charge in [0, 0.05) is 19.6 Å². The Bertz CT molecular complexity index is 571. The van der Waals surface area contributed by atoms with Gasteiger partial charge in [0.2, 0.25) is 12.7 Å². The number of rotatable bonds is 2. The number of nitrogens with one attached hydrogen (secondary N) is 1. The van der Waals surface area contributed by atoms with Gasteiger partial charge in [0.25, 0.3) is 0 Å². The SMILES string of the molecule is O=C(Cc1ccc2c(c1)OCO2)N1CCC2(CCNC2)CC1. The van der Waals surface area contributed by atoms with Crippen molar-refractivity contribution in [1.82, 2.24) is 10.2 Å². The van der Waals surface area contributed by atoms with Gasteiger partial charge in [0.05, 0.1) is 6.42 Å². The van der Waals surface area contributed by atoms with Crippen LogP contribution < -0.4 is 14.8 Å². The Morgan fingerprint density at radius 2 is 2.00 bits per heavy atom. The van der Waals surface area contributed by atoms with Crippen molar-refractivity contribution < 1.29 is 14.3 Å². The van der Waals surface area contributed by atoms with E-state index in [0.717, 1.165) is 56.1 Å². The van der Waals surface area contributed by atoms with Crippen LogP contribution in [0.2, 0.25) is 0 Å². The van der Waals surface area contributed by atoms with E-state index in [0.29, 0.717) is 11.8 Å². The first kappa shape index (κ1) is 13.9. The van der Waals surface area contributed by atoms with Gasteiger partial charge in [0.1, 0.15) is 0 Å². The highest BCUT2D eigenvalue weighted by Gasteiger charge is 2.37. The molecule has 1 amide bonds. The molecule has 2 saturated heterocycles. The molecule has 3 aliphatic rings. The number of benzene rings is 1. The molecule has 0 bridgehead atoms. The van der Waals surface area contributed by atoms with Crippen LogP contribution in [-0.2, 0) is 11.2 Å². The summed E-state index contributed by atoms with van der Waals surface area (Å²) in [6, 6.07) is 5.77. The Kier molecular flexibility index (Phi) is 3.45. The fraction of sp³-hybridized carbons (Fsp3) is 0.588. The zero-order chi connectivity index (χ0) is 15.0. The zero-order valence-corrected chi connectivity index (χ0v) is 12.8. The van der Waals surface area contributed by atoms with Crippen LogP contribution in [0.15, 0.2) is 18.2 Å². The maximum atomic E-state index is 12.5. The summed E-state index contributed by atoms with van der Waals surface area (Å²) in [5.41, 5.74) is 1.45. The minimum absolute atomic E-state index is 0.222. The van der Waals surface area contributed by atoms with Crippen molar-refractivity contribution in [3.05, 3.63) is 23.8 Å². The molecule has 1 spiro atoms. The summed E-state index contributed by atoms with van der Waals surface area (Å²) in [6.45, 7) is 4.31. The second-order valence-corrected chi connectivity index (χ2v) is 6.67. The molecule has 118 valence electrons. The van der Waals surface area contributed by atoms with Crippen LogP contribution in [0.1, 0.15) is 24.8 Å². The summed E-state index contributed by atoms with van der Waals surface area (Å²) in [6.07, 6.45) is 3.97. The van der Waals surface area contributed by atoms with E-state index in [2.05, 4.69) is 5.32 Å². The standard InChI is InChI=1S/C17H22N2O3/c20-16(10-13-1-2-14-15(9-13)22-12-21-14)19-7-4-17(5-8-19)3-6-18-11-17/h1-2,9,18H,3-8,10-12H2. The van der Waals surface area contributed by atoms with Crippen molar-refractivity contribution in [3.8, 4) is 11.5 Å². The molecule has 0 aromatic heterocycles. The Balaban J connectivity index is 1.36. The number of carbonyl (C=O) groups is 1. The predicted molar refractivity (Wildman–Crippen MR) is 82.0 cm³/mol. The third kappa shape index (κ3) is 2.54. The first-order valence-electron chi connectivity index (χ1n) is 8.11. The molecule has 0 radical (unpaired) electrons. The molecular weight excluding hydrogens is 280 g/mol. The summed E-state index contributed by atoms with van der Waals surface area (Å²) in [7, 11) is 0. The minimum Gasteiger partial charge on any atom is -0.454 e. The lowest BCUT2D eigenvalue weighted by atomic mass is 9.78. The van der Waals surface area contributed by atoms with Crippen molar-refractivity contribution in [2.75, 3.05) is 33.0 Å². The van der Waals surface area contributed by atoms with Crippen LogP contribution >= 0.6 is 0 Å². The molecule has 1 N–H and O–H groups in total. The Labute approximate surface area is 130 Å². The van der Waals surface area contributed by atoms with Crippen LogP contribution in [0.5, 0.6) is 11.5 Å². The minimum atomic E-state index is 0.222. The van der Waals surface area contributed by atoms with Gasteiger partial charge in [-0.3, -0.25) is 4.79 Å². The lowest BCUT2D eigenvalue weighted by Gasteiger charge is -2.39. The lowest BCUT2D eigenvalue weighted by molar-refractivity contribution is -0.132. The van der Waals surface area contributed by atoms with E-state index in [9.17, 15) is 4.79 Å². The van der Waals surface area contributed by atoms with Crippen LogP contribution in [0.4, 0.5) is 0 Å². The molecule has 1 aromatic carbocycles. The monoisotopic (exact) mass is 302 g/mol. The van der Waals surface area contributed by atoms with E-state index >= 15 is 0 Å². The van der Waals surface area contributed by atoms with E-state index in [1.54, 1.807) is 0 Å². The van der Waals surface area contributed by atoms with Gasteiger partial charge in [-0.2, -0.15) is 0 Å². The number of fused-ring (bicyclic) bond motifs is 1. The van der Waals surface area contributed by atoms with Crippen molar-refractivity contribution in [1.29, 1.82) is 0 Å². The van der Waals surface area contributed by atoms with Crippen molar-refractivity contribution in [3.63, 3.8) is 0 Å². The second kappa shape index (κ2) is 5.47. The molecule has 2 fully saturated rings. The highest BCUT2D eigenvalue weighted by Crippen LogP contribution is 2.37. The highest BCUT2D eigenvalue weighted by molar-refractivity contribution is 5.79. The summed E-state index contributed by atoms with van der Waals surface area (Å²) < 4.78 is 10.7. The van der Waals surface area contributed by atoms with Crippen LogP contribution in [-0.4, -0.2) is 43.8 Å². The smallest absolute Gasteiger partial charge is 0.231 e. The molecule has 1 aromatic rings. The van der Waals surface area contributed by atoms with E-state index < -0.39 is 0 Å². The fourth-order valence-electron chi connectivity index (χ4n) is 3.79. The van der Waals surface area contributed by atoms with E-state index in [1.807, 2.05) is 23.1 Å². The van der Waals surface area contributed by atoms with Crippen molar-refractivity contribution in [2.24, 2.45) is 5.41 Å². The van der Waals surface area contributed by atoms with Gasteiger partial charge < -0.3 is 19.7 Å². The summed E-state index contributed by atoms with van der Waals surface area (Å²) in [5.74, 6) is 1.74. The molecule has 22 heavy (non-hydrogen) atoms. The molecular formula is C17H22N2O3. The van der Waals surface area contributed by atoms with Crippen molar-refractivity contribution in [2.45, 2.75) is 25.7 Å². The zero-order valence-electron chi connectivity index (χ0n) is 12.8. The number of ether oxygens (including phenoxy) is 2. The fourth-order valence-corrected chi connectivity index (χ4v) is 3.79. The quantitative estimate of drug-likeness (QED) is 0.901. The summed E-state index contributed by atoms with van der Waals surface area (Å²) in [5, 5.41) is 3.46. The second-order valence-electron chi connectivity index (χ2n) is 6.67. The average Bonchev–Trinajstić information content (AvgIpc) is 3.17. The normalized spacial score (nSPS) is 22.3. The largest absolute Gasteiger partial charge is 0.454 e. The number of piperidine rings is 1. The van der Waals surface area contributed by atoms with Crippen molar-refractivity contribution >= 4 is 5.91 Å². The number of hydrogen-bond donors (Lipinski definition) is 1. The van der Waals surface area contributed by atoms with E-state index in [1.165, 1.54) is 6.42 Å². The number of carbonyl (C=O) groups excluding carboxylic acids is 1. The third-order valence-corrected chi connectivity index (χ3v) is 5.30. The Morgan fingerprint density at radius 1 is 1.18 bits per heavy atom. The Hall–Kier alpha value is -1.75. The predicted octanol–water partition coefficient (Wildman–Crippen LogP) is 1.56. The van der Waals surface area contributed by atoms with Crippen LogP contribution in [0, 0.1) is 5.41 Å². The third-order valence-electron chi connectivity index (χ3n) is 5.30. The molecule has 3 heterocycles. The first-order chi connectivity index (χ1) is 10.7. The molecule has 0 atom stereocenters. The molecule has 0 unspecified atom stereocenters. The van der Waals surface area contributed by atoms with Gasteiger partial charge in [-0.05, 0) is 48.9 Å². The highest BCUT2D eigenvalue weighted by atomic mass is 16.7. The molecule has 0 aliphatic carbocycles. The lowest BCUT2D eigenvalue weighted by Crippen LogP contribution is -2.44. The van der Waals surface area contributed by atoms with E-state index in [-0.39, 0.29) is 12.7 Å². The maximum absolute atomic E-state index is 12.5. The van der Waals surface area contributed by atoms with Crippen LogP contribution in [0.3, 0.4) is 0 Å². The Morgan fingerprint density at radius 3 is 2.77 bits per heavy atom. The van der Waals surface area contributed by atoms with Gasteiger partial charge in [-0.1, -0.05) is 6.07 Å². The number of amides is 1. The van der Waals surface area contributed by atoms with E-state index in [4.69, 9.17) is 9.47 Å². The number of nitrogens with zero attached hydrogens (tertiary/aromatic N) is 1. The molecule has 5 nitrogen and oxygen atoms in total. The van der Waals surface area contributed by atoms with Gasteiger partial charge in [-0.25, -0.2) is 0 Å². The van der Waals surface area contributed by atoms with Gasteiger partial charge >= 0.3 is 0 Å². The first-order valence-corrected chi connectivity index (χ1v) is 8.11. The van der Waals surface area contributed by atoms with Crippen LogP contribution in [0.25, 0.3) is 0 Å². The molecule has 4 rings (SSSR count). The van der Waals surface area contributed by atoms with Gasteiger partial charge in [-0.15, -0.1) is 0 Å².